The van der Waals surface area contributed by atoms with E-state index in [1.807, 2.05) is 49.4 Å². The molecule has 3 N–H and O–H groups in total. The molecule has 5 rings (SSSR count). The lowest BCUT2D eigenvalue weighted by Crippen LogP contribution is -2.19. The molecule has 0 radical (unpaired) electrons. The Morgan fingerprint density at radius 3 is 2.84 bits per heavy atom. The first-order valence-corrected chi connectivity index (χ1v) is 9.61. The van der Waals surface area contributed by atoms with E-state index in [2.05, 4.69) is 20.6 Å². The third kappa shape index (κ3) is 4.11. The van der Waals surface area contributed by atoms with Gasteiger partial charge < -0.3 is 20.2 Å². The molecule has 0 unspecified atom stereocenters. The molecule has 7 heteroatoms. The number of benzene rings is 2. The summed E-state index contributed by atoms with van der Waals surface area (Å²) in [5.41, 5.74) is 4.18. The second-order valence-corrected chi connectivity index (χ2v) is 7.08. The topological polar surface area (TPSA) is 74.7 Å². The third-order valence-corrected chi connectivity index (χ3v) is 4.96. The van der Waals surface area contributed by atoms with Gasteiger partial charge in [0.2, 0.25) is 0 Å². The Bertz CT molecular complexity index is 1460. The van der Waals surface area contributed by atoms with Gasteiger partial charge in [-0.25, -0.2) is 9.78 Å². The van der Waals surface area contributed by atoms with Crippen LogP contribution in [0.5, 0.6) is 0 Å². The molecule has 0 aliphatic rings. The van der Waals surface area contributed by atoms with Crippen LogP contribution in [0.15, 0.2) is 79.3 Å². The fraction of sp³-hybridized carbons (Fsp3) is 0.0833. The number of pyridine rings is 1. The zero-order valence-corrected chi connectivity index (χ0v) is 17.5. The van der Waals surface area contributed by atoms with E-state index < -0.39 is 6.50 Å². The molecule has 0 saturated heterocycles. The van der Waals surface area contributed by atoms with Crippen molar-refractivity contribution >= 4 is 51.7 Å². The number of H-pyrrole nitrogens is 1. The molecule has 0 fully saturated rings. The molecule has 2 amide bonds. The number of nitrogens with zero attached hydrogens (tertiary/aromatic N) is 2. The smallest absolute Gasteiger partial charge is 0.323 e. The van der Waals surface area contributed by atoms with Gasteiger partial charge in [-0.3, -0.25) is 0 Å². The summed E-state index contributed by atoms with van der Waals surface area (Å²) < 4.78 is 19.4. The molecule has 31 heavy (non-hydrogen) atoms. The number of hydrogen-bond donors (Lipinski definition) is 3. The normalized spacial score (nSPS) is 12.2. The van der Waals surface area contributed by atoms with Crippen molar-refractivity contribution in [2.75, 3.05) is 10.6 Å². The van der Waals surface area contributed by atoms with Crippen LogP contribution in [-0.2, 0) is 6.50 Å². The summed E-state index contributed by atoms with van der Waals surface area (Å²) in [6.45, 7) is 0.137. The van der Waals surface area contributed by atoms with Crippen LogP contribution in [0.3, 0.4) is 0 Å². The molecule has 6 nitrogen and oxygen atoms in total. The van der Waals surface area contributed by atoms with Gasteiger partial charge in [-0.2, -0.15) is 0 Å². The molecule has 0 spiro atoms. The Balaban J connectivity index is 0.00000259. The number of aryl methyl sites for hydroxylation is 1. The predicted octanol–water partition coefficient (Wildman–Crippen LogP) is 5.94. The molecule has 0 aliphatic heterocycles. The maximum Gasteiger partial charge on any atom is 0.323 e. The highest BCUT2D eigenvalue weighted by atomic mass is 35.5. The molecular weight excluding hydrogens is 410 g/mol. The minimum Gasteiger partial charge on any atom is -0.346 e. The number of carbonyl (C=O) groups excluding carboxylic acids is 1. The first-order valence-electron chi connectivity index (χ1n) is 10.6. The molecule has 0 atom stereocenters. The van der Waals surface area contributed by atoms with E-state index in [1.165, 1.54) is 0 Å². The molecule has 5 aromatic rings. The van der Waals surface area contributed by atoms with E-state index in [0.29, 0.717) is 28.1 Å². The average molecular weight is 434 g/mol. The second kappa shape index (κ2) is 8.53. The van der Waals surface area contributed by atoms with Crippen molar-refractivity contribution in [2.45, 2.75) is 13.4 Å². The van der Waals surface area contributed by atoms with E-state index in [1.54, 1.807) is 41.4 Å². The van der Waals surface area contributed by atoms with Crippen LogP contribution in [0.1, 0.15) is 13.9 Å². The van der Waals surface area contributed by atoms with Crippen molar-refractivity contribution in [2.24, 2.45) is 0 Å². The molecule has 0 saturated carbocycles. The Kier molecular flexibility index (Phi) is 4.97. The number of hydrogen-bond acceptors (Lipinski definition) is 2. The van der Waals surface area contributed by atoms with Crippen molar-refractivity contribution in [3.8, 4) is 0 Å². The summed E-state index contributed by atoms with van der Waals surface area (Å²) in [5, 5.41) is 7.19. The maximum atomic E-state index is 12.6. The number of aromatic amines is 1. The van der Waals surface area contributed by atoms with Crippen LogP contribution >= 0.6 is 12.4 Å². The van der Waals surface area contributed by atoms with Gasteiger partial charge >= 0.3 is 6.03 Å². The molecule has 3 heterocycles. The Morgan fingerprint density at radius 1 is 1.10 bits per heavy atom. The van der Waals surface area contributed by atoms with Crippen molar-refractivity contribution < 1.29 is 7.54 Å². The minimum atomic E-state index is -1.83. The number of amides is 2. The zero-order valence-electron chi connectivity index (χ0n) is 18.7. The molecule has 156 valence electrons. The number of fused-ring (bicyclic) bond motifs is 2. The second-order valence-electron chi connectivity index (χ2n) is 7.08. The van der Waals surface area contributed by atoms with Crippen LogP contribution in [0.25, 0.3) is 21.9 Å². The van der Waals surface area contributed by atoms with Crippen LogP contribution in [0, 0.1) is 6.92 Å². The van der Waals surface area contributed by atoms with E-state index >= 15 is 0 Å². The van der Waals surface area contributed by atoms with E-state index in [4.69, 9.17) is 2.74 Å². The van der Waals surface area contributed by atoms with Crippen LogP contribution < -0.4 is 10.6 Å². The van der Waals surface area contributed by atoms with E-state index in [0.717, 1.165) is 16.3 Å². The summed E-state index contributed by atoms with van der Waals surface area (Å²) in [7, 11) is 0. The Hall–Kier alpha value is -3.77. The quantitative estimate of drug-likeness (QED) is 0.328. The lowest BCUT2D eigenvalue weighted by molar-refractivity contribution is 0.262. The number of halogens is 1. The van der Waals surface area contributed by atoms with Gasteiger partial charge in [0.1, 0.15) is 5.65 Å². The minimum absolute atomic E-state index is 0. The number of carbonyl (C=O) groups is 1. The summed E-state index contributed by atoms with van der Waals surface area (Å²) >= 11 is 0. The van der Waals surface area contributed by atoms with Gasteiger partial charge in [0.15, 0.2) is 0 Å². The average Bonchev–Trinajstić information content (AvgIpc) is 3.41. The highest BCUT2D eigenvalue weighted by Crippen LogP contribution is 2.26. The number of nitrogens with one attached hydrogen (secondary N) is 3. The molecule has 0 aliphatic carbocycles. The van der Waals surface area contributed by atoms with Crippen LogP contribution in [-0.4, -0.2) is 20.6 Å². The highest BCUT2D eigenvalue weighted by Gasteiger charge is 2.11. The van der Waals surface area contributed by atoms with Crippen LogP contribution in [0.4, 0.5) is 16.2 Å². The highest BCUT2D eigenvalue weighted by molar-refractivity contribution is 6.05. The van der Waals surface area contributed by atoms with Crippen molar-refractivity contribution in [1.82, 2.24) is 14.5 Å². The van der Waals surface area contributed by atoms with Gasteiger partial charge in [-0.15, -0.1) is 12.4 Å². The number of urea groups is 1. The molecular formula is C24H22ClN5O. The summed E-state index contributed by atoms with van der Waals surface area (Å²) in [6.07, 6.45) is 5.05. The summed E-state index contributed by atoms with van der Waals surface area (Å²) in [6, 6.07) is 18.0. The molecule has 0 bridgehead atoms. The monoisotopic (exact) mass is 433 g/mol. The number of aromatic nitrogens is 3. The fourth-order valence-electron chi connectivity index (χ4n) is 3.57. The first kappa shape index (κ1) is 18.0. The third-order valence-electron chi connectivity index (χ3n) is 4.96. The van der Waals surface area contributed by atoms with Crippen molar-refractivity contribution in [3.05, 3.63) is 90.4 Å². The standard InChI is InChI=1S/C24H21N5O.ClH/c1-16-4-2-5-18(14-16)27-24(30)28-21-6-3-7-22-20(21)10-13-29(22)15-17-8-11-25-23-19(17)9-12-26-23;/h2-14H,15H2,1H3,(H,25,26)(H2,27,28,30);1H/i15D2;. The van der Waals surface area contributed by atoms with Crippen molar-refractivity contribution in [3.63, 3.8) is 0 Å². The largest absolute Gasteiger partial charge is 0.346 e. The maximum absolute atomic E-state index is 12.6. The van der Waals surface area contributed by atoms with Gasteiger partial charge in [0, 0.05) is 41.5 Å². The predicted molar refractivity (Wildman–Crippen MR) is 128 cm³/mol. The lowest BCUT2D eigenvalue weighted by atomic mass is 10.2. The van der Waals surface area contributed by atoms with Crippen molar-refractivity contribution in [1.29, 1.82) is 0 Å². The molecule has 3 aromatic heterocycles. The molecule has 2 aromatic carbocycles. The first-order chi connectivity index (χ1) is 15.4. The van der Waals surface area contributed by atoms with Gasteiger partial charge in [-0.1, -0.05) is 18.2 Å². The number of anilines is 2. The van der Waals surface area contributed by atoms with Gasteiger partial charge in [0.25, 0.3) is 0 Å². The van der Waals surface area contributed by atoms with Crippen LogP contribution in [0.2, 0.25) is 0 Å². The number of rotatable bonds is 4. The summed E-state index contributed by atoms with van der Waals surface area (Å²) in [5.74, 6) is 0. The SMILES string of the molecule is Cl.[2H]C([2H])(c1ccnc2[nH]ccc12)n1ccc2c(NC(=O)Nc3cccc(C)c3)cccc21. The van der Waals surface area contributed by atoms with Gasteiger partial charge in [0.05, 0.1) is 13.9 Å². The Morgan fingerprint density at radius 2 is 1.97 bits per heavy atom. The fourth-order valence-corrected chi connectivity index (χ4v) is 3.57. The summed E-state index contributed by atoms with van der Waals surface area (Å²) in [4.78, 5) is 19.9. The van der Waals surface area contributed by atoms with E-state index in [9.17, 15) is 4.79 Å². The Labute approximate surface area is 188 Å². The van der Waals surface area contributed by atoms with E-state index in [-0.39, 0.29) is 18.4 Å². The zero-order chi connectivity index (χ0) is 22.3. The lowest BCUT2D eigenvalue weighted by Gasteiger charge is -2.11. The van der Waals surface area contributed by atoms with Gasteiger partial charge in [-0.05, 0) is 60.5 Å².